The van der Waals surface area contributed by atoms with Gasteiger partial charge in [0.25, 0.3) is 0 Å². The van der Waals surface area contributed by atoms with Crippen molar-refractivity contribution >= 4 is 22.9 Å². The standard InChI is InChI=1S/C21H21N3O2S/c25-20-11-15(21-22-19(26-23-21)12-16-7-4-10-27-16)13-24(20)18-9-3-6-14-5-1-2-8-17(14)18/h3-4,6-7,9-10,15H,1-2,5,8,11-13H2. The van der Waals surface area contributed by atoms with Crippen molar-refractivity contribution in [3.05, 3.63) is 63.4 Å². The molecule has 3 heterocycles. The molecular formula is C21H21N3O2S. The number of hydrogen-bond acceptors (Lipinski definition) is 5. The quantitative estimate of drug-likeness (QED) is 0.684. The molecule has 138 valence electrons. The number of anilines is 1. The molecule has 0 bridgehead atoms. The Labute approximate surface area is 162 Å². The van der Waals surface area contributed by atoms with E-state index in [4.69, 9.17) is 4.52 Å². The molecule has 27 heavy (non-hydrogen) atoms. The van der Waals surface area contributed by atoms with E-state index < -0.39 is 0 Å². The topological polar surface area (TPSA) is 59.2 Å². The van der Waals surface area contributed by atoms with Crippen LogP contribution in [-0.2, 0) is 24.1 Å². The Morgan fingerprint density at radius 2 is 2.11 bits per heavy atom. The van der Waals surface area contributed by atoms with Crippen LogP contribution in [0.4, 0.5) is 5.69 Å². The van der Waals surface area contributed by atoms with Crippen molar-refractivity contribution < 1.29 is 9.32 Å². The van der Waals surface area contributed by atoms with Gasteiger partial charge in [0.15, 0.2) is 5.82 Å². The van der Waals surface area contributed by atoms with Gasteiger partial charge in [-0.2, -0.15) is 4.98 Å². The molecule has 0 N–H and O–H groups in total. The maximum absolute atomic E-state index is 12.7. The molecule has 1 saturated heterocycles. The average molecular weight is 379 g/mol. The van der Waals surface area contributed by atoms with Crippen molar-refractivity contribution in [1.82, 2.24) is 10.1 Å². The third-order valence-electron chi connectivity index (χ3n) is 5.54. The summed E-state index contributed by atoms with van der Waals surface area (Å²) in [6.45, 7) is 0.632. The third-order valence-corrected chi connectivity index (χ3v) is 6.42. The number of nitrogens with zero attached hydrogens (tertiary/aromatic N) is 3. The Kier molecular flexibility index (Phi) is 4.28. The second-order valence-electron chi connectivity index (χ2n) is 7.33. The molecule has 3 aromatic rings. The first-order valence-electron chi connectivity index (χ1n) is 9.54. The van der Waals surface area contributed by atoms with Gasteiger partial charge in [0.1, 0.15) is 0 Å². The summed E-state index contributed by atoms with van der Waals surface area (Å²) in [7, 11) is 0. The van der Waals surface area contributed by atoms with Gasteiger partial charge >= 0.3 is 0 Å². The SMILES string of the molecule is O=C1CC(c2noc(Cc3cccs3)n2)CN1c1cccc2c1CCCC2. The third kappa shape index (κ3) is 3.18. The van der Waals surface area contributed by atoms with E-state index in [2.05, 4.69) is 34.4 Å². The number of aromatic nitrogens is 2. The van der Waals surface area contributed by atoms with Crippen molar-refractivity contribution in [2.45, 2.75) is 44.4 Å². The number of carbonyl (C=O) groups excluding carboxylic acids is 1. The smallest absolute Gasteiger partial charge is 0.231 e. The average Bonchev–Trinajstić information content (AvgIpc) is 3.43. The van der Waals surface area contributed by atoms with Crippen molar-refractivity contribution in [2.24, 2.45) is 0 Å². The first kappa shape index (κ1) is 16.7. The lowest BCUT2D eigenvalue weighted by molar-refractivity contribution is -0.117. The fraction of sp³-hybridized carbons (Fsp3) is 0.381. The van der Waals surface area contributed by atoms with Gasteiger partial charge < -0.3 is 9.42 Å². The van der Waals surface area contributed by atoms with Gasteiger partial charge in [-0.3, -0.25) is 4.79 Å². The number of carbonyl (C=O) groups is 1. The van der Waals surface area contributed by atoms with Crippen LogP contribution >= 0.6 is 11.3 Å². The number of hydrogen-bond donors (Lipinski definition) is 0. The number of aryl methyl sites for hydroxylation is 1. The van der Waals surface area contributed by atoms with Crippen LogP contribution in [-0.4, -0.2) is 22.6 Å². The van der Waals surface area contributed by atoms with E-state index in [0.29, 0.717) is 31.1 Å². The highest BCUT2D eigenvalue weighted by atomic mass is 32.1. The normalized spacial score (nSPS) is 19.5. The first-order chi connectivity index (χ1) is 13.3. The molecule has 1 unspecified atom stereocenters. The molecule has 5 nitrogen and oxygen atoms in total. The Bertz CT molecular complexity index is 964. The first-order valence-corrected chi connectivity index (χ1v) is 10.4. The van der Waals surface area contributed by atoms with Gasteiger partial charge in [-0.25, -0.2) is 0 Å². The largest absolute Gasteiger partial charge is 0.339 e. The Balaban J connectivity index is 1.36. The molecule has 1 aromatic carbocycles. The molecule has 1 aliphatic heterocycles. The molecule has 1 aliphatic carbocycles. The van der Waals surface area contributed by atoms with Crippen LogP contribution in [0.2, 0.25) is 0 Å². The van der Waals surface area contributed by atoms with Gasteiger partial charge in [0, 0.05) is 29.4 Å². The Morgan fingerprint density at radius 1 is 1.19 bits per heavy atom. The van der Waals surface area contributed by atoms with Gasteiger partial charge in [-0.05, 0) is 54.3 Å². The molecule has 0 spiro atoms. The van der Waals surface area contributed by atoms with Crippen LogP contribution < -0.4 is 4.90 Å². The minimum Gasteiger partial charge on any atom is -0.339 e. The van der Waals surface area contributed by atoms with E-state index in [1.165, 1.54) is 28.8 Å². The summed E-state index contributed by atoms with van der Waals surface area (Å²) in [5, 5.41) is 6.21. The van der Waals surface area contributed by atoms with Gasteiger partial charge in [-0.1, -0.05) is 23.4 Å². The predicted octanol–water partition coefficient (Wildman–Crippen LogP) is 4.12. The van der Waals surface area contributed by atoms with E-state index in [9.17, 15) is 4.79 Å². The van der Waals surface area contributed by atoms with Crippen LogP contribution in [0, 0.1) is 0 Å². The maximum atomic E-state index is 12.7. The second kappa shape index (κ2) is 6.93. The fourth-order valence-corrected chi connectivity index (χ4v) is 4.89. The van der Waals surface area contributed by atoms with Crippen LogP contribution in [0.25, 0.3) is 0 Å². The van der Waals surface area contributed by atoms with Gasteiger partial charge in [-0.15, -0.1) is 11.3 Å². The molecule has 1 atom stereocenters. The Hall–Kier alpha value is -2.47. The highest BCUT2D eigenvalue weighted by molar-refractivity contribution is 7.09. The number of rotatable bonds is 4. The summed E-state index contributed by atoms with van der Waals surface area (Å²) in [4.78, 5) is 20.4. The lowest BCUT2D eigenvalue weighted by Gasteiger charge is -2.25. The minimum absolute atomic E-state index is 0.00205. The molecular weight excluding hydrogens is 358 g/mol. The molecule has 1 amide bonds. The summed E-state index contributed by atoms with van der Waals surface area (Å²) in [5.41, 5.74) is 3.83. The highest BCUT2D eigenvalue weighted by Crippen LogP contribution is 2.36. The van der Waals surface area contributed by atoms with Gasteiger partial charge in [0.2, 0.25) is 11.8 Å². The minimum atomic E-state index is -0.00205. The van der Waals surface area contributed by atoms with Crippen LogP contribution in [0.5, 0.6) is 0 Å². The van der Waals surface area contributed by atoms with E-state index in [1.807, 2.05) is 16.3 Å². The number of fused-ring (bicyclic) bond motifs is 1. The summed E-state index contributed by atoms with van der Waals surface area (Å²) in [6.07, 6.45) is 5.72. The molecule has 6 heteroatoms. The predicted molar refractivity (Wildman–Crippen MR) is 104 cm³/mol. The number of amides is 1. The zero-order valence-electron chi connectivity index (χ0n) is 15.1. The van der Waals surface area contributed by atoms with E-state index in [-0.39, 0.29) is 11.8 Å². The number of thiophene rings is 1. The van der Waals surface area contributed by atoms with Crippen molar-refractivity contribution in [3.63, 3.8) is 0 Å². The molecule has 2 aliphatic rings. The second-order valence-corrected chi connectivity index (χ2v) is 8.36. The molecule has 2 aromatic heterocycles. The molecule has 0 saturated carbocycles. The zero-order chi connectivity index (χ0) is 18.2. The Morgan fingerprint density at radius 3 is 3.00 bits per heavy atom. The summed E-state index contributed by atoms with van der Waals surface area (Å²) < 4.78 is 5.43. The zero-order valence-corrected chi connectivity index (χ0v) is 15.9. The van der Waals surface area contributed by atoms with Crippen LogP contribution in [0.15, 0.2) is 40.2 Å². The number of benzene rings is 1. The van der Waals surface area contributed by atoms with Crippen molar-refractivity contribution in [3.8, 4) is 0 Å². The lowest BCUT2D eigenvalue weighted by Crippen LogP contribution is -2.26. The lowest BCUT2D eigenvalue weighted by atomic mass is 9.90. The summed E-state index contributed by atoms with van der Waals surface area (Å²) in [6, 6.07) is 10.4. The maximum Gasteiger partial charge on any atom is 0.231 e. The van der Waals surface area contributed by atoms with Crippen LogP contribution in [0.1, 0.15) is 52.9 Å². The van der Waals surface area contributed by atoms with E-state index in [0.717, 1.165) is 18.5 Å². The van der Waals surface area contributed by atoms with Crippen molar-refractivity contribution in [1.29, 1.82) is 0 Å². The fourth-order valence-electron chi connectivity index (χ4n) is 4.20. The highest BCUT2D eigenvalue weighted by Gasteiger charge is 2.35. The van der Waals surface area contributed by atoms with Crippen LogP contribution in [0.3, 0.4) is 0 Å². The monoisotopic (exact) mass is 379 g/mol. The molecule has 0 radical (unpaired) electrons. The summed E-state index contributed by atoms with van der Waals surface area (Å²) in [5.74, 6) is 1.43. The molecule has 1 fully saturated rings. The summed E-state index contributed by atoms with van der Waals surface area (Å²) >= 11 is 1.68. The molecule has 5 rings (SSSR count). The van der Waals surface area contributed by atoms with Gasteiger partial charge in [0.05, 0.1) is 6.42 Å². The van der Waals surface area contributed by atoms with Crippen molar-refractivity contribution in [2.75, 3.05) is 11.4 Å². The van der Waals surface area contributed by atoms with E-state index >= 15 is 0 Å². The van der Waals surface area contributed by atoms with E-state index in [1.54, 1.807) is 11.3 Å².